The van der Waals surface area contributed by atoms with Crippen molar-refractivity contribution in [2.45, 2.75) is 31.9 Å². The number of fused-ring (bicyclic) bond motifs is 2. The van der Waals surface area contributed by atoms with Crippen molar-refractivity contribution in [2.24, 2.45) is 0 Å². The summed E-state index contributed by atoms with van der Waals surface area (Å²) in [7, 11) is 1.58. The van der Waals surface area contributed by atoms with E-state index in [1.807, 2.05) is 36.4 Å². The van der Waals surface area contributed by atoms with Crippen LogP contribution in [0.15, 0.2) is 36.4 Å². The molecule has 1 N–H and O–H groups in total. The molecule has 36 heavy (non-hydrogen) atoms. The number of esters is 1. The number of carbonyl (C=O) groups excluding carboxylic acids is 1. The number of likely N-dealkylation sites (tertiary alicyclic amines) is 1. The van der Waals surface area contributed by atoms with Gasteiger partial charge in [0.25, 0.3) is 0 Å². The highest BCUT2D eigenvalue weighted by Crippen LogP contribution is 2.38. The molecule has 1 aliphatic rings. The Morgan fingerprint density at radius 3 is 2.56 bits per heavy atom. The monoisotopic (exact) mass is 505 g/mol. The average molecular weight is 506 g/mol. The smallest absolute Gasteiger partial charge is 0.490 e. The van der Waals surface area contributed by atoms with Crippen LogP contribution in [0, 0.1) is 0 Å². The predicted molar refractivity (Wildman–Crippen MR) is 132 cm³/mol. The number of ether oxygens (including phenoxy) is 3. The molecule has 3 aromatic rings. The molecule has 0 bridgehead atoms. The second kappa shape index (κ2) is 11.6. The molecule has 2 heterocycles. The fraction of sp³-hybridized carbons (Fsp3) is 0.462. The second-order valence-electron chi connectivity index (χ2n) is 8.69. The van der Waals surface area contributed by atoms with E-state index in [-0.39, 0.29) is 13.0 Å². The fourth-order valence-electron chi connectivity index (χ4n) is 4.37. The van der Waals surface area contributed by atoms with E-state index in [1.54, 1.807) is 7.11 Å². The highest BCUT2D eigenvalue weighted by atomic mass is 19.4. The molecule has 0 spiro atoms. The van der Waals surface area contributed by atoms with Crippen molar-refractivity contribution in [3.8, 4) is 11.5 Å². The molecule has 1 saturated heterocycles. The third-order valence-corrected chi connectivity index (χ3v) is 6.13. The van der Waals surface area contributed by atoms with Crippen molar-refractivity contribution in [1.29, 1.82) is 0 Å². The third kappa shape index (κ3) is 6.29. The number of anilines is 1. The van der Waals surface area contributed by atoms with Crippen LogP contribution >= 0.6 is 0 Å². The normalized spacial score (nSPS) is 14.3. The van der Waals surface area contributed by atoms with Crippen LogP contribution in [-0.4, -0.2) is 68.5 Å². The standard InChI is InChI=1S/C26H30F3N3O4/c1-34-22-16-19-21(17-23(22)35-15-7-13-32-11-4-5-12-32)31-20-9-3-2-8-18(20)24(19)30-10-6-14-36-25(33)26(27,28)29/h2-3,8-9,16-17H,4-7,10-15H2,1H3,(H,30,31). The van der Waals surface area contributed by atoms with Gasteiger partial charge in [-0.25, -0.2) is 9.78 Å². The van der Waals surface area contributed by atoms with Gasteiger partial charge in [-0.1, -0.05) is 18.2 Å². The predicted octanol–water partition coefficient (Wildman–Crippen LogP) is 5.17. The lowest BCUT2D eigenvalue weighted by atomic mass is 10.1. The summed E-state index contributed by atoms with van der Waals surface area (Å²) in [6, 6.07) is 11.3. The number of carbonyl (C=O) groups is 1. The van der Waals surface area contributed by atoms with E-state index in [2.05, 4.69) is 15.0 Å². The molecule has 1 fully saturated rings. The van der Waals surface area contributed by atoms with Crippen molar-refractivity contribution >= 4 is 33.5 Å². The number of nitrogens with one attached hydrogen (secondary N) is 1. The number of halogens is 3. The molecule has 4 rings (SSSR count). The molecule has 7 nitrogen and oxygen atoms in total. The first-order chi connectivity index (χ1) is 17.4. The van der Waals surface area contributed by atoms with Gasteiger partial charge in [-0.05, 0) is 50.9 Å². The highest BCUT2D eigenvalue weighted by molar-refractivity contribution is 6.08. The second-order valence-corrected chi connectivity index (χ2v) is 8.69. The van der Waals surface area contributed by atoms with Crippen LogP contribution in [0.1, 0.15) is 25.7 Å². The summed E-state index contributed by atoms with van der Waals surface area (Å²) in [6.45, 7) is 3.82. The number of nitrogens with zero attached hydrogens (tertiary/aromatic N) is 2. The minimum Gasteiger partial charge on any atom is -0.493 e. The van der Waals surface area contributed by atoms with E-state index in [4.69, 9.17) is 14.5 Å². The first-order valence-electron chi connectivity index (χ1n) is 12.1. The van der Waals surface area contributed by atoms with Gasteiger partial charge in [-0.2, -0.15) is 13.2 Å². The summed E-state index contributed by atoms with van der Waals surface area (Å²) >= 11 is 0. The van der Waals surface area contributed by atoms with Crippen molar-refractivity contribution in [1.82, 2.24) is 9.88 Å². The Labute approximate surface area is 207 Å². The lowest BCUT2D eigenvalue weighted by molar-refractivity contribution is -0.199. The first kappa shape index (κ1) is 25.8. The molecule has 0 unspecified atom stereocenters. The van der Waals surface area contributed by atoms with E-state index in [0.29, 0.717) is 30.2 Å². The maximum atomic E-state index is 12.3. The Hall–Kier alpha value is -3.27. The molecule has 10 heteroatoms. The molecule has 2 aromatic carbocycles. The van der Waals surface area contributed by atoms with Gasteiger partial charge in [0, 0.05) is 29.9 Å². The minimum atomic E-state index is -4.99. The Morgan fingerprint density at radius 1 is 1.03 bits per heavy atom. The van der Waals surface area contributed by atoms with Gasteiger partial charge in [-0.15, -0.1) is 0 Å². The number of hydrogen-bond donors (Lipinski definition) is 1. The van der Waals surface area contributed by atoms with Crippen LogP contribution in [-0.2, 0) is 9.53 Å². The minimum absolute atomic E-state index is 0.204. The van der Waals surface area contributed by atoms with Crippen LogP contribution in [0.4, 0.5) is 18.9 Å². The summed E-state index contributed by atoms with van der Waals surface area (Å²) in [5, 5.41) is 4.94. The van der Waals surface area contributed by atoms with E-state index in [1.165, 1.54) is 12.8 Å². The quantitative estimate of drug-likeness (QED) is 0.219. The van der Waals surface area contributed by atoms with E-state index < -0.39 is 12.1 Å². The largest absolute Gasteiger partial charge is 0.493 e. The molecule has 1 aromatic heterocycles. The summed E-state index contributed by atoms with van der Waals surface area (Å²) < 4.78 is 52.9. The highest BCUT2D eigenvalue weighted by Gasteiger charge is 2.40. The summed E-state index contributed by atoms with van der Waals surface area (Å²) in [4.78, 5) is 18.1. The number of aromatic nitrogens is 1. The summed E-state index contributed by atoms with van der Waals surface area (Å²) in [6.07, 6.45) is -1.36. The Balaban J connectivity index is 1.50. The Bertz CT molecular complexity index is 1200. The number of para-hydroxylation sites is 1. The zero-order chi connectivity index (χ0) is 25.5. The molecule has 1 aliphatic heterocycles. The van der Waals surface area contributed by atoms with Gasteiger partial charge in [0.2, 0.25) is 0 Å². The summed E-state index contributed by atoms with van der Waals surface area (Å²) in [5.74, 6) is -0.998. The number of methoxy groups -OCH3 is 1. The van der Waals surface area contributed by atoms with Gasteiger partial charge in [0.05, 0.1) is 37.0 Å². The van der Waals surface area contributed by atoms with Crippen LogP contribution in [0.2, 0.25) is 0 Å². The van der Waals surface area contributed by atoms with E-state index in [9.17, 15) is 18.0 Å². The SMILES string of the molecule is COc1cc2c(NCCCOC(=O)C(F)(F)F)c3ccccc3nc2cc1OCCCN1CCCC1. The van der Waals surface area contributed by atoms with Gasteiger partial charge in [0.1, 0.15) is 0 Å². The first-order valence-corrected chi connectivity index (χ1v) is 12.1. The summed E-state index contributed by atoms with van der Waals surface area (Å²) in [5.41, 5.74) is 2.24. The number of hydrogen-bond acceptors (Lipinski definition) is 7. The number of benzene rings is 2. The van der Waals surface area contributed by atoms with Crippen LogP contribution < -0.4 is 14.8 Å². The molecule has 0 aliphatic carbocycles. The van der Waals surface area contributed by atoms with Crippen LogP contribution in [0.5, 0.6) is 11.5 Å². The zero-order valence-corrected chi connectivity index (χ0v) is 20.2. The van der Waals surface area contributed by atoms with Crippen molar-refractivity contribution in [3.63, 3.8) is 0 Å². The number of pyridine rings is 1. The maximum absolute atomic E-state index is 12.3. The Kier molecular flexibility index (Phi) is 8.35. The van der Waals surface area contributed by atoms with Gasteiger partial charge in [0.15, 0.2) is 11.5 Å². The van der Waals surface area contributed by atoms with Crippen molar-refractivity contribution in [3.05, 3.63) is 36.4 Å². The molecule has 0 saturated carbocycles. The molecule has 0 atom stereocenters. The van der Waals surface area contributed by atoms with Crippen LogP contribution in [0.25, 0.3) is 21.8 Å². The zero-order valence-electron chi connectivity index (χ0n) is 20.2. The molecular formula is C26H30F3N3O4. The lowest BCUT2D eigenvalue weighted by Gasteiger charge is -2.17. The van der Waals surface area contributed by atoms with Crippen LogP contribution in [0.3, 0.4) is 0 Å². The van der Waals surface area contributed by atoms with Gasteiger partial charge < -0.3 is 24.4 Å². The van der Waals surface area contributed by atoms with E-state index >= 15 is 0 Å². The molecular weight excluding hydrogens is 475 g/mol. The third-order valence-electron chi connectivity index (χ3n) is 6.13. The molecule has 0 radical (unpaired) electrons. The fourth-order valence-corrected chi connectivity index (χ4v) is 4.37. The lowest BCUT2D eigenvalue weighted by Crippen LogP contribution is -2.26. The molecule has 0 amide bonds. The van der Waals surface area contributed by atoms with Gasteiger partial charge in [-0.3, -0.25) is 0 Å². The number of alkyl halides is 3. The van der Waals surface area contributed by atoms with Crippen molar-refractivity contribution in [2.75, 3.05) is 51.8 Å². The molecule has 194 valence electrons. The van der Waals surface area contributed by atoms with Crippen molar-refractivity contribution < 1.29 is 32.2 Å². The van der Waals surface area contributed by atoms with Gasteiger partial charge >= 0.3 is 12.1 Å². The topological polar surface area (TPSA) is 72.9 Å². The maximum Gasteiger partial charge on any atom is 0.490 e. The average Bonchev–Trinajstić information content (AvgIpc) is 3.38. The number of rotatable bonds is 11. The Morgan fingerprint density at radius 2 is 1.81 bits per heavy atom. The van der Waals surface area contributed by atoms with E-state index in [0.717, 1.165) is 48.0 Å².